The van der Waals surface area contributed by atoms with Gasteiger partial charge in [-0.05, 0) is 37.9 Å². The van der Waals surface area contributed by atoms with Crippen molar-refractivity contribution < 1.29 is 4.79 Å². The Balaban J connectivity index is 1.81. The first-order chi connectivity index (χ1) is 8.25. The molecule has 1 atom stereocenters. The Kier molecular flexibility index (Phi) is 4.09. The number of carbonyl (C=O) groups is 1. The minimum absolute atomic E-state index is 0.127. The van der Waals surface area contributed by atoms with E-state index in [2.05, 4.69) is 15.6 Å². The number of nitrogens with zero attached hydrogens (tertiary/aromatic N) is 1. The average Bonchev–Trinajstić information content (AvgIpc) is 2.39. The lowest BCUT2D eigenvalue weighted by Crippen LogP contribution is -2.40. The summed E-state index contributed by atoms with van der Waals surface area (Å²) in [5.74, 6) is 0.278. The molecule has 1 amide bonds. The van der Waals surface area contributed by atoms with Crippen molar-refractivity contribution in [3.05, 3.63) is 29.6 Å². The normalized spacial score (nSPS) is 19.9. The lowest BCUT2D eigenvalue weighted by molar-refractivity contribution is -0.125. The highest BCUT2D eigenvalue weighted by molar-refractivity contribution is 5.78. The molecule has 4 nitrogen and oxygen atoms in total. The highest BCUT2D eigenvalue weighted by Gasteiger charge is 2.20. The van der Waals surface area contributed by atoms with Crippen LogP contribution in [-0.2, 0) is 11.3 Å². The van der Waals surface area contributed by atoms with E-state index in [4.69, 9.17) is 0 Å². The third-order valence-corrected chi connectivity index (χ3v) is 3.11. The van der Waals surface area contributed by atoms with E-state index in [0.29, 0.717) is 6.54 Å². The van der Waals surface area contributed by atoms with Gasteiger partial charge in [-0.1, -0.05) is 6.07 Å². The number of rotatable bonds is 3. The van der Waals surface area contributed by atoms with Gasteiger partial charge in [0.05, 0.1) is 5.92 Å². The number of aryl methyl sites for hydroxylation is 1. The highest BCUT2D eigenvalue weighted by Crippen LogP contribution is 2.10. The second-order valence-corrected chi connectivity index (χ2v) is 4.57. The molecule has 1 aliphatic heterocycles. The SMILES string of the molecule is Cc1ccc(CNC(=O)[C@@H]2CCCNC2)cn1. The van der Waals surface area contributed by atoms with Crippen LogP contribution in [-0.4, -0.2) is 24.0 Å². The number of carbonyl (C=O) groups excluding carboxylic acids is 1. The molecule has 1 aromatic heterocycles. The number of pyridine rings is 1. The summed E-state index contributed by atoms with van der Waals surface area (Å²) in [5, 5.41) is 6.22. The van der Waals surface area contributed by atoms with Crippen molar-refractivity contribution in [2.24, 2.45) is 5.92 Å². The zero-order chi connectivity index (χ0) is 12.1. The summed E-state index contributed by atoms with van der Waals surface area (Å²) in [6.45, 7) is 4.36. The van der Waals surface area contributed by atoms with Crippen LogP contribution in [0.5, 0.6) is 0 Å². The maximum Gasteiger partial charge on any atom is 0.224 e. The van der Waals surface area contributed by atoms with E-state index in [9.17, 15) is 4.79 Å². The molecule has 0 radical (unpaired) electrons. The van der Waals surface area contributed by atoms with Gasteiger partial charge in [0.25, 0.3) is 0 Å². The maximum absolute atomic E-state index is 11.9. The van der Waals surface area contributed by atoms with Crippen LogP contribution in [0, 0.1) is 12.8 Å². The van der Waals surface area contributed by atoms with Crippen molar-refractivity contribution in [1.82, 2.24) is 15.6 Å². The minimum atomic E-state index is 0.127. The molecule has 1 aliphatic rings. The Morgan fingerprint density at radius 2 is 2.47 bits per heavy atom. The molecular weight excluding hydrogens is 214 g/mol. The van der Waals surface area contributed by atoms with Crippen LogP contribution in [0.4, 0.5) is 0 Å². The Morgan fingerprint density at radius 1 is 1.59 bits per heavy atom. The Hall–Kier alpha value is -1.42. The summed E-state index contributed by atoms with van der Waals surface area (Å²) in [6, 6.07) is 3.96. The number of hydrogen-bond donors (Lipinski definition) is 2. The molecule has 0 aromatic carbocycles. The molecule has 92 valence electrons. The Bertz CT molecular complexity index is 369. The second-order valence-electron chi connectivity index (χ2n) is 4.57. The smallest absolute Gasteiger partial charge is 0.224 e. The van der Waals surface area contributed by atoms with Crippen LogP contribution in [0.2, 0.25) is 0 Å². The molecular formula is C13H19N3O. The third kappa shape index (κ3) is 3.53. The van der Waals surface area contributed by atoms with Gasteiger partial charge in [-0.3, -0.25) is 9.78 Å². The Labute approximate surface area is 102 Å². The molecule has 4 heteroatoms. The van der Waals surface area contributed by atoms with Crippen molar-refractivity contribution in [3.63, 3.8) is 0 Å². The van der Waals surface area contributed by atoms with Crippen molar-refractivity contribution in [2.75, 3.05) is 13.1 Å². The van der Waals surface area contributed by atoms with Gasteiger partial charge in [0.1, 0.15) is 0 Å². The fourth-order valence-corrected chi connectivity index (χ4v) is 2.01. The zero-order valence-electron chi connectivity index (χ0n) is 10.2. The largest absolute Gasteiger partial charge is 0.352 e. The first kappa shape index (κ1) is 12.0. The van der Waals surface area contributed by atoms with Crippen LogP contribution in [0.1, 0.15) is 24.1 Å². The summed E-state index contributed by atoms with van der Waals surface area (Å²) in [4.78, 5) is 16.1. The third-order valence-electron chi connectivity index (χ3n) is 3.11. The van der Waals surface area contributed by atoms with Crippen molar-refractivity contribution in [1.29, 1.82) is 0 Å². The molecule has 0 unspecified atom stereocenters. The van der Waals surface area contributed by atoms with Gasteiger partial charge in [-0.25, -0.2) is 0 Å². The van der Waals surface area contributed by atoms with E-state index in [1.54, 1.807) is 0 Å². The molecule has 17 heavy (non-hydrogen) atoms. The monoisotopic (exact) mass is 233 g/mol. The highest BCUT2D eigenvalue weighted by atomic mass is 16.1. The van der Waals surface area contributed by atoms with Gasteiger partial charge in [0.2, 0.25) is 5.91 Å². The second kappa shape index (κ2) is 5.77. The summed E-state index contributed by atoms with van der Waals surface area (Å²) in [7, 11) is 0. The van der Waals surface area contributed by atoms with E-state index >= 15 is 0 Å². The summed E-state index contributed by atoms with van der Waals surface area (Å²) in [6.07, 6.45) is 3.89. The van der Waals surface area contributed by atoms with Crippen LogP contribution >= 0.6 is 0 Å². The van der Waals surface area contributed by atoms with Crippen LogP contribution in [0.3, 0.4) is 0 Å². The van der Waals surface area contributed by atoms with Gasteiger partial charge in [0.15, 0.2) is 0 Å². The van der Waals surface area contributed by atoms with Crippen molar-refractivity contribution in [2.45, 2.75) is 26.3 Å². The van der Waals surface area contributed by atoms with Gasteiger partial charge < -0.3 is 10.6 Å². The average molecular weight is 233 g/mol. The fourth-order valence-electron chi connectivity index (χ4n) is 2.01. The van der Waals surface area contributed by atoms with E-state index in [1.165, 1.54) is 0 Å². The molecule has 1 fully saturated rings. The molecule has 2 rings (SSSR count). The topological polar surface area (TPSA) is 54.0 Å². The number of piperidine rings is 1. The minimum Gasteiger partial charge on any atom is -0.352 e. The molecule has 0 saturated carbocycles. The fraction of sp³-hybridized carbons (Fsp3) is 0.538. The number of aromatic nitrogens is 1. The van der Waals surface area contributed by atoms with Crippen LogP contribution < -0.4 is 10.6 Å². The van der Waals surface area contributed by atoms with E-state index in [-0.39, 0.29) is 11.8 Å². The molecule has 0 aliphatic carbocycles. The maximum atomic E-state index is 11.9. The van der Waals surface area contributed by atoms with Crippen molar-refractivity contribution in [3.8, 4) is 0 Å². The number of nitrogens with one attached hydrogen (secondary N) is 2. The number of amides is 1. The first-order valence-electron chi connectivity index (χ1n) is 6.15. The standard InChI is InChI=1S/C13H19N3O/c1-10-4-5-11(7-15-10)8-16-13(17)12-3-2-6-14-9-12/h4-5,7,12,14H,2-3,6,8-9H2,1H3,(H,16,17)/t12-/m1/s1. The Morgan fingerprint density at radius 3 is 3.12 bits per heavy atom. The molecule has 0 spiro atoms. The van der Waals surface area contributed by atoms with Crippen LogP contribution in [0.25, 0.3) is 0 Å². The molecule has 2 N–H and O–H groups in total. The lowest BCUT2D eigenvalue weighted by Gasteiger charge is -2.21. The molecule has 2 heterocycles. The van der Waals surface area contributed by atoms with E-state index in [1.807, 2.05) is 25.3 Å². The molecule has 1 saturated heterocycles. The van der Waals surface area contributed by atoms with E-state index < -0.39 is 0 Å². The van der Waals surface area contributed by atoms with Gasteiger partial charge in [-0.15, -0.1) is 0 Å². The van der Waals surface area contributed by atoms with Gasteiger partial charge in [-0.2, -0.15) is 0 Å². The first-order valence-corrected chi connectivity index (χ1v) is 6.15. The number of hydrogen-bond acceptors (Lipinski definition) is 3. The summed E-state index contributed by atoms with van der Waals surface area (Å²) in [5.41, 5.74) is 2.05. The quantitative estimate of drug-likeness (QED) is 0.819. The summed E-state index contributed by atoms with van der Waals surface area (Å²) >= 11 is 0. The predicted octanol–water partition coefficient (Wildman–Crippen LogP) is 1.01. The van der Waals surface area contributed by atoms with Crippen LogP contribution in [0.15, 0.2) is 18.3 Å². The lowest BCUT2D eigenvalue weighted by atomic mass is 9.99. The zero-order valence-corrected chi connectivity index (χ0v) is 10.2. The molecule has 0 bridgehead atoms. The summed E-state index contributed by atoms with van der Waals surface area (Å²) < 4.78 is 0. The molecule has 1 aromatic rings. The van der Waals surface area contributed by atoms with Gasteiger partial charge >= 0.3 is 0 Å². The predicted molar refractivity (Wildman–Crippen MR) is 66.4 cm³/mol. The van der Waals surface area contributed by atoms with Gasteiger partial charge in [0, 0.05) is 25.0 Å². The van der Waals surface area contributed by atoms with E-state index in [0.717, 1.165) is 37.2 Å². The van der Waals surface area contributed by atoms with Crippen molar-refractivity contribution >= 4 is 5.91 Å².